The molecule has 4 rings (SSSR count). The first-order valence-electron chi connectivity index (χ1n) is 11.6. The maximum atomic E-state index is 12.1. The number of carbonyl (C=O) groups is 1. The molecule has 0 fully saturated rings. The number of carbonyl (C=O) groups excluding carboxylic acids is 1. The van der Waals surface area contributed by atoms with Crippen LogP contribution in [0.5, 0.6) is 23.0 Å². The Bertz CT molecular complexity index is 1240. The summed E-state index contributed by atoms with van der Waals surface area (Å²) in [4.78, 5) is 22.8. The van der Waals surface area contributed by atoms with Crippen molar-refractivity contribution < 1.29 is 28.5 Å². The van der Waals surface area contributed by atoms with Gasteiger partial charge in [-0.15, -0.1) is 0 Å². The first kappa shape index (κ1) is 25.3. The number of benzene rings is 2. The maximum Gasteiger partial charge on any atom is 0.322 e. The molecule has 11 nitrogen and oxygen atoms in total. The van der Waals surface area contributed by atoms with Crippen molar-refractivity contribution in [3.63, 3.8) is 0 Å². The molecule has 1 atom stereocenters. The number of ether oxygens (including phenoxy) is 5. The number of methoxy groups -OCH3 is 2. The number of esters is 1. The molecule has 0 unspecified atom stereocenters. The number of nitrogens with zero attached hydrogens (tertiary/aromatic N) is 3. The predicted octanol–water partition coefficient (Wildman–Crippen LogP) is 2.83. The van der Waals surface area contributed by atoms with Gasteiger partial charge in [-0.05, 0) is 44.6 Å². The number of likely N-dealkylation sites (N-methyl/N-ethyl adjacent to an activating group) is 1. The van der Waals surface area contributed by atoms with Crippen molar-refractivity contribution in [2.24, 2.45) is 5.73 Å². The molecule has 0 saturated carbocycles. The van der Waals surface area contributed by atoms with Gasteiger partial charge in [0.1, 0.15) is 18.2 Å². The Morgan fingerprint density at radius 3 is 2.81 bits per heavy atom. The van der Waals surface area contributed by atoms with Crippen LogP contribution in [0.1, 0.15) is 18.9 Å². The van der Waals surface area contributed by atoms with Crippen molar-refractivity contribution >= 4 is 28.4 Å². The lowest BCUT2D eigenvalue weighted by Crippen LogP contribution is -2.36. The van der Waals surface area contributed by atoms with E-state index in [1.807, 2.05) is 36.2 Å². The summed E-state index contributed by atoms with van der Waals surface area (Å²) in [5.41, 5.74) is 7.86. The highest BCUT2D eigenvalue weighted by Crippen LogP contribution is 2.44. The number of anilines is 2. The zero-order valence-corrected chi connectivity index (χ0v) is 20.9. The van der Waals surface area contributed by atoms with Crippen LogP contribution in [-0.4, -0.2) is 68.1 Å². The van der Waals surface area contributed by atoms with Crippen LogP contribution in [0.2, 0.25) is 0 Å². The molecule has 2 aromatic carbocycles. The van der Waals surface area contributed by atoms with E-state index in [1.54, 1.807) is 14.0 Å². The van der Waals surface area contributed by atoms with Gasteiger partial charge in [-0.2, -0.15) is 0 Å². The normalized spacial score (nSPS) is 13.1. The molecule has 1 aromatic heterocycles. The molecule has 1 aliphatic rings. The van der Waals surface area contributed by atoms with Crippen LogP contribution >= 0.6 is 0 Å². The largest absolute Gasteiger partial charge is 0.493 e. The summed E-state index contributed by atoms with van der Waals surface area (Å²) in [7, 11) is 4.82. The first-order valence-corrected chi connectivity index (χ1v) is 11.6. The quantitative estimate of drug-likeness (QED) is 0.299. The van der Waals surface area contributed by atoms with E-state index in [9.17, 15) is 4.79 Å². The van der Waals surface area contributed by atoms with Crippen LogP contribution in [0.3, 0.4) is 0 Å². The Hall–Kier alpha value is -3.83. The first-order chi connectivity index (χ1) is 17.5. The summed E-state index contributed by atoms with van der Waals surface area (Å²) in [5, 5.41) is 4.16. The Morgan fingerprint density at radius 2 is 2.06 bits per heavy atom. The molecule has 0 saturated heterocycles. The average Bonchev–Trinajstić information content (AvgIpc) is 3.38. The molecule has 0 aliphatic carbocycles. The minimum atomic E-state index is -0.436. The summed E-state index contributed by atoms with van der Waals surface area (Å²) >= 11 is 0. The van der Waals surface area contributed by atoms with Gasteiger partial charge in [0.05, 0.1) is 32.0 Å². The molecular weight excluding hydrogens is 466 g/mol. The summed E-state index contributed by atoms with van der Waals surface area (Å²) < 4.78 is 27.7. The smallest absolute Gasteiger partial charge is 0.322 e. The number of hydrogen-bond donors (Lipinski definition) is 2. The Labute approximate surface area is 209 Å². The standard InChI is InChI=1S/C25H31N5O6/c1-15(25(31)33-4)30(2)12-16-6-7-19-23(36-14-35-19)22(16)29-24-17-10-21(34-9-5-8-26)20(32-3)11-18(17)27-13-28-24/h6-7,10-11,13,15H,5,8-9,12,14,26H2,1-4H3,(H,27,28,29)/t15-/m0/s1. The van der Waals surface area contributed by atoms with E-state index in [2.05, 4.69) is 15.3 Å². The minimum Gasteiger partial charge on any atom is -0.493 e. The Balaban J connectivity index is 1.73. The van der Waals surface area contributed by atoms with E-state index in [0.717, 1.165) is 10.9 Å². The number of rotatable bonds is 11. The van der Waals surface area contributed by atoms with Gasteiger partial charge in [0.2, 0.25) is 6.79 Å². The highest BCUT2D eigenvalue weighted by atomic mass is 16.7. The van der Waals surface area contributed by atoms with Crippen molar-refractivity contribution in [3.05, 3.63) is 36.2 Å². The van der Waals surface area contributed by atoms with Crippen LogP contribution in [-0.2, 0) is 16.1 Å². The third-order valence-corrected chi connectivity index (χ3v) is 6.02. The van der Waals surface area contributed by atoms with Gasteiger partial charge in [0.15, 0.2) is 23.0 Å². The summed E-state index contributed by atoms with van der Waals surface area (Å²) in [5.74, 6) is 2.58. The van der Waals surface area contributed by atoms with E-state index in [0.29, 0.717) is 66.1 Å². The van der Waals surface area contributed by atoms with Crippen LogP contribution < -0.4 is 30.0 Å². The van der Waals surface area contributed by atoms with Crippen LogP contribution in [0.25, 0.3) is 10.9 Å². The lowest BCUT2D eigenvalue weighted by atomic mass is 10.1. The van der Waals surface area contributed by atoms with Crippen molar-refractivity contribution in [1.82, 2.24) is 14.9 Å². The van der Waals surface area contributed by atoms with Crippen molar-refractivity contribution in [1.29, 1.82) is 0 Å². The molecule has 1 aliphatic heterocycles. The summed E-state index contributed by atoms with van der Waals surface area (Å²) in [6.45, 7) is 3.34. The van der Waals surface area contributed by atoms with Gasteiger partial charge >= 0.3 is 5.97 Å². The molecule has 36 heavy (non-hydrogen) atoms. The molecule has 0 amide bonds. The van der Waals surface area contributed by atoms with Gasteiger partial charge in [-0.3, -0.25) is 9.69 Å². The summed E-state index contributed by atoms with van der Waals surface area (Å²) in [6, 6.07) is 7.00. The third-order valence-electron chi connectivity index (χ3n) is 6.02. The highest BCUT2D eigenvalue weighted by molar-refractivity contribution is 5.94. The fraction of sp³-hybridized carbons (Fsp3) is 0.400. The molecule has 2 heterocycles. The van der Waals surface area contributed by atoms with E-state index in [4.69, 9.17) is 29.4 Å². The topological polar surface area (TPSA) is 130 Å². The fourth-order valence-electron chi connectivity index (χ4n) is 3.86. The van der Waals surface area contributed by atoms with E-state index >= 15 is 0 Å². The van der Waals surface area contributed by atoms with E-state index < -0.39 is 6.04 Å². The van der Waals surface area contributed by atoms with Crippen LogP contribution in [0.4, 0.5) is 11.5 Å². The third kappa shape index (κ3) is 5.21. The molecule has 11 heteroatoms. The van der Waals surface area contributed by atoms with Crippen molar-refractivity contribution in [2.75, 3.05) is 46.5 Å². The minimum absolute atomic E-state index is 0.114. The van der Waals surface area contributed by atoms with Gasteiger partial charge in [-0.1, -0.05) is 6.07 Å². The van der Waals surface area contributed by atoms with Gasteiger partial charge in [-0.25, -0.2) is 9.97 Å². The summed E-state index contributed by atoms with van der Waals surface area (Å²) in [6.07, 6.45) is 2.19. The molecule has 3 aromatic rings. The molecule has 0 spiro atoms. The molecule has 0 bridgehead atoms. The van der Waals surface area contributed by atoms with E-state index in [-0.39, 0.29) is 12.8 Å². The predicted molar refractivity (Wildman–Crippen MR) is 134 cm³/mol. The van der Waals surface area contributed by atoms with Gasteiger partial charge in [0, 0.05) is 18.0 Å². The second-order valence-electron chi connectivity index (χ2n) is 8.31. The highest BCUT2D eigenvalue weighted by Gasteiger charge is 2.25. The number of fused-ring (bicyclic) bond motifs is 2. The van der Waals surface area contributed by atoms with Gasteiger partial charge < -0.3 is 34.7 Å². The average molecular weight is 498 g/mol. The number of nitrogens with two attached hydrogens (primary N) is 1. The lowest BCUT2D eigenvalue weighted by molar-refractivity contribution is -0.145. The number of hydrogen-bond acceptors (Lipinski definition) is 11. The molecule has 0 radical (unpaired) electrons. The number of aromatic nitrogens is 2. The second-order valence-corrected chi connectivity index (χ2v) is 8.31. The van der Waals surface area contributed by atoms with E-state index in [1.165, 1.54) is 13.4 Å². The molecule has 3 N–H and O–H groups in total. The Kier molecular flexibility index (Phi) is 7.91. The number of nitrogens with one attached hydrogen (secondary N) is 1. The molecule has 192 valence electrons. The second kappa shape index (κ2) is 11.3. The maximum absolute atomic E-state index is 12.1. The SMILES string of the molecule is COC(=O)[C@H](C)N(C)Cc1ccc2c(c1Nc1ncnc3cc(OC)c(OCCCN)cc13)OCO2. The van der Waals surface area contributed by atoms with Gasteiger partial charge in [0.25, 0.3) is 0 Å². The van der Waals surface area contributed by atoms with Crippen LogP contribution in [0.15, 0.2) is 30.6 Å². The van der Waals surface area contributed by atoms with Crippen molar-refractivity contribution in [3.8, 4) is 23.0 Å². The zero-order valence-electron chi connectivity index (χ0n) is 20.9. The lowest BCUT2D eigenvalue weighted by Gasteiger charge is -2.24. The fourth-order valence-corrected chi connectivity index (χ4v) is 3.86. The molecular formula is C25H31N5O6. The van der Waals surface area contributed by atoms with Crippen LogP contribution in [0, 0.1) is 0 Å². The Morgan fingerprint density at radius 1 is 1.22 bits per heavy atom. The zero-order chi connectivity index (χ0) is 25.7. The van der Waals surface area contributed by atoms with Crippen molar-refractivity contribution in [2.45, 2.75) is 25.9 Å². The monoisotopic (exact) mass is 497 g/mol.